The molecule has 0 fully saturated rings. The first-order valence-corrected chi connectivity index (χ1v) is 14.1. The molecule has 0 rings (SSSR count). The Kier molecular flexibility index (Phi) is 14.3. The Bertz CT molecular complexity index is 1430. The highest BCUT2D eigenvalue weighted by Gasteiger charge is 2.97. The van der Waals surface area contributed by atoms with Gasteiger partial charge in [0.15, 0.2) is 0 Å². The van der Waals surface area contributed by atoms with Crippen LogP contribution in [0, 0.1) is 0 Å². The van der Waals surface area contributed by atoms with E-state index in [2.05, 4.69) is 9.47 Å². The predicted octanol–water partition coefficient (Wildman–Crippen LogP) is 9.45. The molecule has 0 aliphatic carbocycles. The monoisotopic (exact) mass is 914 g/mol. The molecule has 6 nitrogen and oxygen atoms in total. The van der Waals surface area contributed by atoms with Gasteiger partial charge in [-0.3, -0.25) is 14.0 Å². The Balaban J connectivity index is 7.25. The molecule has 0 heterocycles. The number of rotatable bonds is 21. The lowest BCUT2D eigenvalue weighted by atomic mass is 9.87. The quantitative estimate of drug-likeness (QED) is 0.0703. The van der Waals surface area contributed by atoms with Gasteiger partial charge >= 0.3 is 86.8 Å². The Morgan fingerprint density at radius 1 is 0.509 bits per heavy atom. The maximum Gasteiger partial charge on any atom is 0.460 e. The molecule has 0 aromatic heterocycles. The number of hydrogen-bond donors (Lipinski definition) is 1. The van der Waals surface area contributed by atoms with Crippen molar-refractivity contribution in [3.05, 3.63) is 0 Å². The second-order valence-corrected chi connectivity index (χ2v) is 11.7. The number of alkyl halides is 28. The molecule has 55 heavy (non-hydrogen) atoms. The molecule has 35 heteroatoms. The van der Waals surface area contributed by atoms with Gasteiger partial charge < -0.3 is 4.74 Å². The van der Waals surface area contributed by atoms with Crippen molar-refractivity contribution in [2.45, 2.75) is 109 Å². The molecule has 0 saturated heterocycles. The molecule has 0 amide bonds. The van der Waals surface area contributed by atoms with Crippen LogP contribution in [-0.4, -0.2) is 116 Å². The van der Waals surface area contributed by atoms with Crippen LogP contribution in [0.3, 0.4) is 0 Å². The average molecular weight is 914 g/mol. The molecular weight excluding hydrogens is 900 g/mol. The van der Waals surface area contributed by atoms with Gasteiger partial charge in [-0.1, -0.05) is 13.3 Å². The van der Waals surface area contributed by atoms with Gasteiger partial charge in [-0.15, -0.1) is 0 Å². The van der Waals surface area contributed by atoms with E-state index in [1.807, 2.05) is 0 Å². The van der Waals surface area contributed by atoms with Crippen molar-refractivity contribution in [2.24, 2.45) is 0 Å². The van der Waals surface area contributed by atoms with Gasteiger partial charge in [0.25, 0.3) is 6.36 Å². The topological polar surface area (TPSA) is 82.1 Å². The predicted molar refractivity (Wildman–Crippen MR) is 114 cm³/mol. The summed E-state index contributed by atoms with van der Waals surface area (Å²) in [6, 6.07) is 0. The van der Waals surface area contributed by atoms with Gasteiger partial charge in [0, 0.05) is 6.61 Å². The van der Waals surface area contributed by atoms with E-state index >= 15 is 0 Å². The summed E-state index contributed by atoms with van der Waals surface area (Å²) in [7, 11) is -8.68. The Hall–Kier alpha value is -2.17. The first-order chi connectivity index (χ1) is 23.6. The van der Waals surface area contributed by atoms with Gasteiger partial charge in [0.1, 0.15) is 6.61 Å². The molecule has 3 unspecified atom stereocenters. The van der Waals surface area contributed by atoms with Crippen LogP contribution in [0.1, 0.15) is 19.8 Å². The summed E-state index contributed by atoms with van der Waals surface area (Å²) in [4.78, 5) is 0. The smallest absolute Gasteiger partial charge is 0.376 e. The molecule has 0 saturated carbocycles. The van der Waals surface area contributed by atoms with E-state index in [4.69, 9.17) is 4.55 Å². The van der Waals surface area contributed by atoms with E-state index in [9.17, 15) is 131 Å². The van der Waals surface area contributed by atoms with Crippen LogP contribution < -0.4 is 0 Å². The molecule has 1 N–H and O–H groups in total. The summed E-state index contributed by atoms with van der Waals surface area (Å²) in [6.45, 7) is -1.37. The molecule has 0 bridgehead atoms. The molecule has 0 aromatic rings. The minimum atomic E-state index is -9.73. The van der Waals surface area contributed by atoms with Crippen molar-refractivity contribution >= 4 is 10.1 Å². The largest absolute Gasteiger partial charge is 0.460 e. The second kappa shape index (κ2) is 14.9. The molecule has 0 aliphatic rings. The minimum absolute atomic E-state index is 0.112. The van der Waals surface area contributed by atoms with Crippen molar-refractivity contribution in [1.82, 2.24) is 0 Å². The third-order valence-corrected chi connectivity index (χ3v) is 7.33. The van der Waals surface area contributed by atoms with Crippen LogP contribution in [0.5, 0.6) is 0 Å². The fourth-order valence-electron chi connectivity index (χ4n) is 3.08. The van der Waals surface area contributed by atoms with Crippen molar-refractivity contribution in [3.63, 3.8) is 0 Å². The zero-order valence-electron chi connectivity index (χ0n) is 25.0. The lowest BCUT2D eigenvalue weighted by molar-refractivity contribution is -0.486. The maximum absolute atomic E-state index is 14.2. The number of halogens is 28. The fourth-order valence-corrected chi connectivity index (χ4v) is 3.74. The molecule has 0 aliphatic heterocycles. The van der Waals surface area contributed by atoms with Gasteiger partial charge in [0.05, 0.1) is 0 Å². The van der Waals surface area contributed by atoms with Crippen molar-refractivity contribution in [3.8, 4) is 0 Å². The average Bonchev–Trinajstić information content (AvgIpc) is 2.96. The van der Waals surface area contributed by atoms with Crippen molar-refractivity contribution in [2.75, 3.05) is 13.2 Å². The third-order valence-electron chi connectivity index (χ3n) is 6.31. The van der Waals surface area contributed by atoms with E-state index in [-0.39, 0.29) is 12.8 Å². The lowest BCUT2D eigenvalue weighted by Crippen LogP contribution is -2.77. The summed E-state index contributed by atoms with van der Waals surface area (Å²) in [6.07, 6.45) is -27.3. The summed E-state index contributed by atoms with van der Waals surface area (Å²) < 4.78 is 420. The van der Waals surface area contributed by atoms with E-state index < -0.39 is 113 Å². The van der Waals surface area contributed by atoms with E-state index in [1.54, 1.807) is 0 Å². The van der Waals surface area contributed by atoms with Crippen molar-refractivity contribution < 1.29 is 150 Å². The minimum Gasteiger partial charge on any atom is -0.376 e. The second-order valence-electron chi connectivity index (χ2n) is 10.2. The van der Waals surface area contributed by atoms with Crippen LogP contribution in [0.4, 0.5) is 123 Å². The highest BCUT2D eigenvalue weighted by molar-refractivity contribution is 7.87. The van der Waals surface area contributed by atoms with Crippen LogP contribution in [0.2, 0.25) is 0 Å². The SMILES string of the molecule is CCCCOCC(F)OC(F)(F)C(F)(F)C(F)(F)C(F)(F)C(F)(F)C(F)(F)C(F)(F)C(F)(F)C(F)(F)C(F)OC(F)(C(F)(F)C(F)(F)C(F)(F)F)S(=O)(=O)O. The Labute approximate surface area is 283 Å². The van der Waals surface area contributed by atoms with Crippen LogP contribution in [0.25, 0.3) is 0 Å². The highest BCUT2D eigenvalue weighted by atomic mass is 32.2. The molecule has 3 atom stereocenters. The fraction of sp³-hybridized carbons (Fsp3) is 1.00. The number of ether oxygens (including phenoxy) is 3. The molecule has 332 valence electrons. The Morgan fingerprint density at radius 2 is 0.855 bits per heavy atom. The van der Waals surface area contributed by atoms with E-state index in [0.29, 0.717) is 0 Å². The first kappa shape index (κ1) is 52.8. The molecular formula is C20H14F28O6S. The Morgan fingerprint density at radius 3 is 1.18 bits per heavy atom. The van der Waals surface area contributed by atoms with Crippen LogP contribution in [-0.2, 0) is 24.3 Å². The maximum atomic E-state index is 14.2. The van der Waals surface area contributed by atoms with Crippen LogP contribution in [0.15, 0.2) is 0 Å². The first-order valence-electron chi connectivity index (χ1n) is 12.7. The van der Waals surface area contributed by atoms with Crippen LogP contribution >= 0.6 is 0 Å². The number of unbranched alkanes of at least 4 members (excludes halogenated alkanes) is 1. The normalized spacial score (nSPS) is 18.3. The zero-order valence-corrected chi connectivity index (χ0v) is 25.8. The molecule has 0 spiro atoms. The zero-order chi connectivity index (χ0) is 45.1. The lowest BCUT2D eigenvalue weighted by Gasteiger charge is -2.44. The van der Waals surface area contributed by atoms with E-state index in [0.717, 1.165) is 0 Å². The van der Waals surface area contributed by atoms with Gasteiger partial charge in [0.2, 0.25) is 6.36 Å². The summed E-state index contributed by atoms with van der Waals surface area (Å²) in [5.41, 5.74) is 0. The number of hydrogen-bond acceptors (Lipinski definition) is 5. The third kappa shape index (κ3) is 7.88. The summed E-state index contributed by atoms with van der Waals surface area (Å²) in [5, 5.41) is -8.35. The van der Waals surface area contributed by atoms with Crippen molar-refractivity contribution in [1.29, 1.82) is 0 Å². The molecule has 0 aromatic carbocycles. The highest BCUT2D eigenvalue weighted by Crippen LogP contribution is 2.66. The van der Waals surface area contributed by atoms with Gasteiger partial charge in [-0.05, 0) is 6.42 Å². The van der Waals surface area contributed by atoms with Gasteiger partial charge in [-0.25, -0.2) is 8.78 Å². The van der Waals surface area contributed by atoms with Gasteiger partial charge in [-0.2, -0.15) is 123 Å². The summed E-state index contributed by atoms with van der Waals surface area (Å²) >= 11 is 0. The standard InChI is InChI=1S/C20H14F28O6S/c1-2-3-4-52-5-6(21)53-19(46,47)16(39,40)14(35,36)13(33,34)12(31,32)11(29,30)10(27,28)9(25,26)8(23,24)7(22)54-20(48,55(49,50)51)17(41,42)15(37,38)18(43,44)45/h6-7H,2-5H2,1H3,(H,49,50,51). The van der Waals surface area contributed by atoms with E-state index in [1.165, 1.54) is 11.7 Å². The molecule has 0 radical (unpaired) electrons. The summed E-state index contributed by atoms with van der Waals surface area (Å²) in [5.74, 6) is -92.0.